The van der Waals surface area contributed by atoms with Crippen LogP contribution in [-0.4, -0.2) is 59.2 Å². The summed E-state index contributed by atoms with van der Waals surface area (Å²) in [6.45, 7) is 3.80. The molecule has 2 heterocycles. The largest absolute Gasteiger partial charge is 0.388 e. The van der Waals surface area contributed by atoms with E-state index < -0.39 is 10.6 Å². The first-order chi connectivity index (χ1) is 11.4. The van der Waals surface area contributed by atoms with E-state index in [1.54, 1.807) is 0 Å². The lowest BCUT2D eigenvalue weighted by Gasteiger charge is -2.34. The zero-order valence-electron chi connectivity index (χ0n) is 13.4. The normalized spacial score (nSPS) is 17.9. The van der Waals surface area contributed by atoms with Crippen LogP contribution < -0.4 is 16.8 Å². The smallest absolute Gasteiger partial charge is 0.287 e. The van der Waals surface area contributed by atoms with Crippen molar-refractivity contribution in [3.63, 3.8) is 0 Å². The van der Waals surface area contributed by atoms with Crippen LogP contribution >= 0.6 is 0 Å². The Labute approximate surface area is 139 Å². The van der Waals surface area contributed by atoms with E-state index in [9.17, 15) is 10.1 Å². The maximum absolute atomic E-state index is 10.7. The Hall–Kier alpha value is -2.30. The highest BCUT2D eigenvalue weighted by atomic mass is 16.6. The topological polar surface area (TPSA) is 156 Å². The van der Waals surface area contributed by atoms with Crippen molar-refractivity contribution in [3.8, 4) is 0 Å². The molecule has 6 N–H and O–H groups in total. The number of hydrogen-bond acceptors (Lipinski definition) is 8. The average molecular weight is 337 g/mol. The number of hydrogen-bond donors (Lipinski definition) is 4. The van der Waals surface area contributed by atoms with E-state index in [1.807, 2.05) is 0 Å². The van der Waals surface area contributed by atoms with Gasteiger partial charge in [-0.15, -0.1) is 0 Å². The lowest BCUT2D eigenvalue weighted by molar-refractivity contribution is -0.385. The van der Waals surface area contributed by atoms with Crippen LogP contribution in [0.2, 0.25) is 0 Å². The number of anilines is 1. The van der Waals surface area contributed by atoms with E-state index >= 15 is 0 Å². The summed E-state index contributed by atoms with van der Waals surface area (Å²) < 4.78 is 5.31. The molecule has 1 fully saturated rings. The van der Waals surface area contributed by atoms with Crippen molar-refractivity contribution in [1.82, 2.24) is 9.88 Å². The minimum atomic E-state index is -0.951. The maximum Gasteiger partial charge on any atom is 0.287 e. The first kappa shape index (κ1) is 18.0. The van der Waals surface area contributed by atoms with E-state index in [2.05, 4.69) is 15.2 Å². The number of nitro groups is 1. The van der Waals surface area contributed by atoms with Crippen molar-refractivity contribution in [1.29, 1.82) is 5.41 Å². The molecule has 1 saturated heterocycles. The van der Waals surface area contributed by atoms with Crippen molar-refractivity contribution in [2.45, 2.75) is 18.5 Å². The third-order valence-corrected chi connectivity index (χ3v) is 3.82. The van der Waals surface area contributed by atoms with Gasteiger partial charge in [0.05, 0.1) is 29.6 Å². The van der Waals surface area contributed by atoms with Crippen LogP contribution in [0.4, 0.5) is 11.5 Å². The molecule has 0 bridgehead atoms. The SMILES string of the molecule is N=C(N)CC(N)(CCN1CCOCC1)Nc1ccc([N+](=O)[O-])cn1. The van der Waals surface area contributed by atoms with Gasteiger partial charge in [0.15, 0.2) is 0 Å². The minimum Gasteiger partial charge on any atom is -0.388 e. The molecule has 1 aromatic rings. The molecule has 1 unspecified atom stereocenters. The number of rotatable bonds is 8. The predicted molar refractivity (Wildman–Crippen MR) is 89.8 cm³/mol. The number of ether oxygens (including phenoxy) is 1. The Bertz CT molecular complexity index is 574. The van der Waals surface area contributed by atoms with Gasteiger partial charge in [-0.2, -0.15) is 0 Å². The summed E-state index contributed by atoms with van der Waals surface area (Å²) in [7, 11) is 0. The van der Waals surface area contributed by atoms with E-state index in [4.69, 9.17) is 21.6 Å². The third-order valence-electron chi connectivity index (χ3n) is 3.82. The molecule has 0 radical (unpaired) electrons. The Balaban J connectivity index is 2.02. The summed E-state index contributed by atoms with van der Waals surface area (Å²) in [4.78, 5) is 16.4. The highest BCUT2D eigenvalue weighted by molar-refractivity contribution is 5.78. The van der Waals surface area contributed by atoms with E-state index in [0.717, 1.165) is 19.6 Å². The van der Waals surface area contributed by atoms with Gasteiger partial charge in [-0.1, -0.05) is 0 Å². The van der Waals surface area contributed by atoms with Crippen LogP contribution in [0.15, 0.2) is 18.3 Å². The van der Waals surface area contributed by atoms with Crippen LogP contribution in [0.1, 0.15) is 12.8 Å². The van der Waals surface area contributed by atoms with Crippen molar-refractivity contribution in [2.75, 3.05) is 38.2 Å². The highest BCUT2D eigenvalue weighted by Gasteiger charge is 2.28. The lowest BCUT2D eigenvalue weighted by Crippen LogP contribution is -2.53. The molecule has 1 aliphatic heterocycles. The molecule has 1 atom stereocenters. The average Bonchev–Trinajstić information content (AvgIpc) is 2.54. The Morgan fingerprint density at radius 3 is 2.75 bits per heavy atom. The molecule has 10 heteroatoms. The highest BCUT2D eigenvalue weighted by Crippen LogP contribution is 2.19. The number of nitrogens with one attached hydrogen (secondary N) is 2. The molecule has 24 heavy (non-hydrogen) atoms. The zero-order chi connectivity index (χ0) is 17.6. The summed E-state index contributed by atoms with van der Waals surface area (Å²) in [5, 5.41) is 21.3. The fraction of sp³-hybridized carbons (Fsp3) is 0.571. The number of amidine groups is 1. The predicted octanol–water partition coefficient (Wildman–Crippen LogP) is 0.105. The molecule has 0 spiro atoms. The van der Waals surface area contributed by atoms with Gasteiger partial charge in [0.2, 0.25) is 0 Å². The van der Waals surface area contributed by atoms with Crippen molar-refractivity contribution >= 4 is 17.3 Å². The van der Waals surface area contributed by atoms with Gasteiger partial charge in [-0.3, -0.25) is 20.4 Å². The van der Waals surface area contributed by atoms with Gasteiger partial charge in [0.1, 0.15) is 12.0 Å². The van der Waals surface area contributed by atoms with Crippen molar-refractivity contribution in [2.24, 2.45) is 11.5 Å². The van der Waals surface area contributed by atoms with Crippen molar-refractivity contribution in [3.05, 3.63) is 28.4 Å². The summed E-state index contributed by atoms with van der Waals surface area (Å²) in [6.07, 6.45) is 1.86. The monoisotopic (exact) mass is 337 g/mol. The van der Waals surface area contributed by atoms with Crippen LogP contribution in [0.5, 0.6) is 0 Å². The van der Waals surface area contributed by atoms with Gasteiger partial charge in [0.25, 0.3) is 5.69 Å². The Kier molecular flexibility index (Phi) is 6.01. The van der Waals surface area contributed by atoms with E-state index in [0.29, 0.717) is 25.5 Å². The Morgan fingerprint density at radius 1 is 1.50 bits per heavy atom. The number of pyridine rings is 1. The summed E-state index contributed by atoms with van der Waals surface area (Å²) >= 11 is 0. The van der Waals surface area contributed by atoms with Gasteiger partial charge in [0, 0.05) is 32.1 Å². The Morgan fingerprint density at radius 2 is 2.21 bits per heavy atom. The fourth-order valence-corrected chi connectivity index (χ4v) is 2.54. The molecule has 2 rings (SSSR count). The molecule has 0 amide bonds. The van der Waals surface area contributed by atoms with Crippen LogP contribution in [0.25, 0.3) is 0 Å². The summed E-state index contributed by atoms with van der Waals surface area (Å²) in [5.74, 6) is 0.375. The zero-order valence-corrected chi connectivity index (χ0v) is 13.4. The standard InChI is InChI=1S/C14H23N7O3/c15-12(16)9-14(17,3-4-20-5-7-24-8-6-20)19-13-2-1-11(10-18-13)21(22)23/h1-2,10H,3-9,17H2,(H3,15,16)(H,18,19). The summed E-state index contributed by atoms with van der Waals surface area (Å²) in [5.41, 5.74) is 10.9. The van der Waals surface area contributed by atoms with Crippen LogP contribution in [0.3, 0.4) is 0 Å². The molecule has 0 saturated carbocycles. The molecular formula is C14H23N7O3. The number of aromatic nitrogens is 1. The third kappa shape index (κ3) is 5.41. The lowest BCUT2D eigenvalue weighted by atomic mass is 10.0. The number of nitrogens with two attached hydrogens (primary N) is 2. The molecule has 0 aromatic carbocycles. The van der Waals surface area contributed by atoms with Gasteiger partial charge in [-0.05, 0) is 12.5 Å². The first-order valence-corrected chi connectivity index (χ1v) is 7.68. The van der Waals surface area contributed by atoms with Crippen LogP contribution in [0, 0.1) is 15.5 Å². The quantitative estimate of drug-likeness (QED) is 0.171. The molecule has 0 aliphatic carbocycles. The molecule has 10 nitrogen and oxygen atoms in total. The second-order valence-corrected chi connectivity index (χ2v) is 5.85. The first-order valence-electron chi connectivity index (χ1n) is 7.68. The summed E-state index contributed by atoms with van der Waals surface area (Å²) in [6, 6.07) is 2.85. The molecule has 132 valence electrons. The van der Waals surface area contributed by atoms with Gasteiger partial charge in [-0.25, -0.2) is 4.98 Å². The molecule has 1 aliphatic rings. The van der Waals surface area contributed by atoms with E-state index in [1.165, 1.54) is 18.3 Å². The van der Waals surface area contributed by atoms with Gasteiger partial charge >= 0.3 is 0 Å². The second-order valence-electron chi connectivity index (χ2n) is 5.85. The number of morpholine rings is 1. The fourth-order valence-electron chi connectivity index (χ4n) is 2.54. The maximum atomic E-state index is 10.7. The molecular weight excluding hydrogens is 314 g/mol. The van der Waals surface area contributed by atoms with Crippen LogP contribution in [-0.2, 0) is 4.74 Å². The van der Waals surface area contributed by atoms with E-state index in [-0.39, 0.29) is 17.9 Å². The number of nitrogens with zero attached hydrogens (tertiary/aromatic N) is 3. The second kappa shape index (κ2) is 7.99. The molecule has 1 aromatic heterocycles. The van der Waals surface area contributed by atoms with Crippen molar-refractivity contribution < 1.29 is 9.66 Å². The minimum absolute atomic E-state index is 0.0334. The van der Waals surface area contributed by atoms with Gasteiger partial charge < -0.3 is 21.5 Å².